The van der Waals surface area contributed by atoms with Gasteiger partial charge in [-0.25, -0.2) is 13.4 Å². The van der Waals surface area contributed by atoms with Gasteiger partial charge in [-0.3, -0.25) is 4.79 Å². The summed E-state index contributed by atoms with van der Waals surface area (Å²) in [6.45, 7) is 12.2. The number of carbonyl (C=O) groups excluding carboxylic acids is 1. The third-order valence-corrected chi connectivity index (χ3v) is 8.22. The molecule has 9 heteroatoms. The molecule has 7 nitrogen and oxygen atoms in total. The maximum absolute atomic E-state index is 13.0. The minimum absolute atomic E-state index is 0.154. The van der Waals surface area contributed by atoms with E-state index in [-0.39, 0.29) is 4.21 Å². The minimum Gasteiger partial charge on any atom is -0.356 e. The van der Waals surface area contributed by atoms with Crippen molar-refractivity contribution in [3.63, 3.8) is 0 Å². The second kappa shape index (κ2) is 10.2. The van der Waals surface area contributed by atoms with Gasteiger partial charge in [0.05, 0.1) is 0 Å². The number of benzene rings is 1. The monoisotopic (exact) mass is 489 g/mol. The maximum Gasteiger partial charge on any atom is 0.323 e. The molecule has 3 aromatic rings. The van der Waals surface area contributed by atoms with Gasteiger partial charge in [-0.1, -0.05) is 52.0 Å². The van der Waals surface area contributed by atoms with E-state index in [1.54, 1.807) is 0 Å². The van der Waals surface area contributed by atoms with E-state index in [2.05, 4.69) is 42.1 Å². The zero-order valence-corrected chi connectivity index (χ0v) is 21.5. The number of imidazole rings is 1. The van der Waals surface area contributed by atoms with Crippen molar-refractivity contribution in [2.75, 3.05) is 0 Å². The fourth-order valence-corrected chi connectivity index (χ4v) is 6.65. The van der Waals surface area contributed by atoms with Crippen molar-refractivity contribution in [3.05, 3.63) is 58.5 Å². The lowest BCUT2D eigenvalue weighted by atomic mass is 9.99. The molecule has 0 atom stereocenters. The molecule has 1 N–H and O–H groups in total. The Kier molecular flexibility index (Phi) is 7.76. The van der Waals surface area contributed by atoms with Crippen LogP contribution in [0.1, 0.15) is 62.4 Å². The normalized spacial score (nSPS) is 12.0. The summed E-state index contributed by atoms with van der Waals surface area (Å²) in [6, 6.07) is 7.91. The number of sulfonamides is 1. The topological polar surface area (TPSA) is 90.3 Å². The SMILES string of the molecule is CC(=O)ONS(=O)(=O)c1sc(CC(C)C)c(C)c1-c1ccc(Cn2ccnc2C(C)C)cc1. The fraction of sp³-hybridized carbons (Fsp3) is 0.417. The molecule has 0 aliphatic carbocycles. The van der Waals surface area contributed by atoms with Crippen LogP contribution in [0.3, 0.4) is 0 Å². The van der Waals surface area contributed by atoms with Crippen molar-refractivity contribution >= 4 is 27.3 Å². The van der Waals surface area contributed by atoms with Gasteiger partial charge in [-0.05, 0) is 40.8 Å². The van der Waals surface area contributed by atoms with Crippen LogP contribution < -0.4 is 4.89 Å². The molecule has 0 bridgehead atoms. The van der Waals surface area contributed by atoms with E-state index in [4.69, 9.17) is 0 Å². The van der Waals surface area contributed by atoms with Crippen LogP contribution in [0.25, 0.3) is 11.1 Å². The number of hydrogen-bond donors (Lipinski definition) is 1. The molecule has 0 unspecified atom stereocenters. The highest BCUT2D eigenvalue weighted by Gasteiger charge is 2.27. The summed E-state index contributed by atoms with van der Waals surface area (Å²) in [7, 11) is -4.02. The van der Waals surface area contributed by atoms with Crippen LogP contribution in [-0.2, 0) is 32.6 Å². The number of thiophene rings is 1. The molecule has 0 amide bonds. The maximum atomic E-state index is 13.0. The van der Waals surface area contributed by atoms with Gasteiger partial charge in [0.15, 0.2) is 0 Å². The van der Waals surface area contributed by atoms with Gasteiger partial charge in [0.1, 0.15) is 10.0 Å². The molecule has 0 saturated heterocycles. The molecule has 0 fully saturated rings. The van der Waals surface area contributed by atoms with E-state index in [0.29, 0.717) is 23.9 Å². The third kappa shape index (κ3) is 5.90. The summed E-state index contributed by atoms with van der Waals surface area (Å²) in [5, 5.41) is 0. The lowest BCUT2D eigenvalue weighted by Crippen LogP contribution is -2.25. The largest absolute Gasteiger partial charge is 0.356 e. The van der Waals surface area contributed by atoms with Crippen LogP contribution in [0.15, 0.2) is 40.9 Å². The van der Waals surface area contributed by atoms with Gasteiger partial charge in [0, 0.05) is 42.2 Å². The van der Waals surface area contributed by atoms with Crippen molar-refractivity contribution in [2.24, 2.45) is 5.92 Å². The van der Waals surface area contributed by atoms with Gasteiger partial charge < -0.3 is 9.40 Å². The fourth-order valence-electron chi connectivity index (χ4n) is 3.70. The number of nitrogens with zero attached hydrogens (tertiary/aromatic N) is 2. The Labute approximate surface area is 199 Å². The Morgan fingerprint density at radius 3 is 2.42 bits per heavy atom. The highest BCUT2D eigenvalue weighted by atomic mass is 32.2. The highest BCUT2D eigenvalue weighted by Crippen LogP contribution is 2.40. The van der Waals surface area contributed by atoms with E-state index in [9.17, 15) is 13.2 Å². The summed E-state index contributed by atoms with van der Waals surface area (Å²) in [6.07, 6.45) is 4.54. The predicted octanol–water partition coefficient (Wildman–Crippen LogP) is 5.05. The van der Waals surface area contributed by atoms with E-state index in [1.165, 1.54) is 11.3 Å². The van der Waals surface area contributed by atoms with Crippen molar-refractivity contribution in [2.45, 2.75) is 64.6 Å². The molecular weight excluding hydrogens is 458 g/mol. The number of carbonyl (C=O) groups is 1. The molecule has 0 spiro atoms. The molecule has 0 radical (unpaired) electrons. The average molecular weight is 490 g/mol. The molecule has 0 aliphatic rings. The van der Waals surface area contributed by atoms with Crippen LogP contribution in [0.4, 0.5) is 0 Å². The van der Waals surface area contributed by atoms with E-state index >= 15 is 0 Å². The van der Waals surface area contributed by atoms with E-state index < -0.39 is 16.0 Å². The molecule has 1 aromatic carbocycles. The van der Waals surface area contributed by atoms with Gasteiger partial charge in [-0.15, -0.1) is 11.3 Å². The zero-order chi connectivity index (χ0) is 24.3. The lowest BCUT2D eigenvalue weighted by Gasteiger charge is -2.12. The lowest BCUT2D eigenvalue weighted by molar-refractivity contribution is -0.144. The Bertz CT molecular complexity index is 1220. The number of nitrogens with one attached hydrogen (secondary N) is 1. The van der Waals surface area contributed by atoms with Crippen LogP contribution in [0.5, 0.6) is 0 Å². The van der Waals surface area contributed by atoms with Crippen molar-refractivity contribution in [1.82, 2.24) is 14.4 Å². The summed E-state index contributed by atoms with van der Waals surface area (Å²) in [5.74, 6) is 1.00. The van der Waals surface area contributed by atoms with Crippen LogP contribution >= 0.6 is 11.3 Å². The number of hydrogen-bond acceptors (Lipinski definition) is 6. The zero-order valence-electron chi connectivity index (χ0n) is 19.9. The summed E-state index contributed by atoms with van der Waals surface area (Å²) in [5.41, 5.74) is 3.48. The molecule has 0 saturated carbocycles. The Hall–Kier alpha value is -2.49. The van der Waals surface area contributed by atoms with Gasteiger partial charge in [0.25, 0.3) is 10.0 Å². The Balaban J connectivity index is 1.99. The minimum atomic E-state index is -4.02. The summed E-state index contributed by atoms with van der Waals surface area (Å²) < 4.78 is 28.2. The van der Waals surface area contributed by atoms with E-state index in [1.807, 2.05) is 48.5 Å². The Morgan fingerprint density at radius 2 is 1.85 bits per heavy atom. The molecule has 178 valence electrons. The van der Waals surface area contributed by atoms with Crippen molar-refractivity contribution in [3.8, 4) is 11.1 Å². The van der Waals surface area contributed by atoms with Crippen molar-refractivity contribution in [1.29, 1.82) is 0 Å². The predicted molar refractivity (Wildman–Crippen MR) is 131 cm³/mol. The smallest absolute Gasteiger partial charge is 0.323 e. The van der Waals surface area contributed by atoms with Gasteiger partial charge >= 0.3 is 5.97 Å². The third-order valence-electron chi connectivity index (χ3n) is 5.21. The summed E-state index contributed by atoms with van der Waals surface area (Å²) in [4.78, 5) is 23.2. The molecule has 0 aliphatic heterocycles. The highest BCUT2D eigenvalue weighted by molar-refractivity contribution is 7.91. The molecule has 33 heavy (non-hydrogen) atoms. The first-order valence-electron chi connectivity index (χ1n) is 10.9. The second-order valence-corrected chi connectivity index (χ2v) is 11.8. The van der Waals surface area contributed by atoms with E-state index in [0.717, 1.165) is 40.7 Å². The summed E-state index contributed by atoms with van der Waals surface area (Å²) >= 11 is 1.23. The average Bonchev–Trinajstić information content (AvgIpc) is 3.32. The number of aromatic nitrogens is 2. The van der Waals surface area contributed by atoms with Crippen LogP contribution in [-0.4, -0.2) is 23.9 Å². The molecular formula is C24H31N3O4S2. The standard InChI is InChI=1S/C24H31N3O4S2/c1-15(2)13-21-17(5)22(24(32-21)33(29,30)26-31-18(6)28)20-9-7-19(8-10-20)14-27-12-11-25-23(27)16(3)4/h7-12,15-16,26H,13-14H2,1-6H3. The number of rotatable bonds is 9. The van der Waals surface area contributed by atoms with Crippen molar-refractivity contribution < 1.29 is 18.0 Å². The van der Waals surface area contributed by atoms with Crippen LogP contribution in [0, 0.1) is 12.8 Å². The molecule has 2 heterocycles. The first kappa shape index (κ1) is 25.1. The van der Waals surface area contributed by atoms with Gasteiger partial charge in [-0.2, -0.15) is 0 Å². The second-order valence-electron chi connectivity index (χ2n) is 8.86. The molecule has 2 aromatic heterocycles. The van der Waals surface area contributed by atoms with Crippen LogP contribution in [0.2, 0.25) is 0 Å². The van der Waals surface area contributed by atoms with Gasteiger partial charge in [0.2, 0.25) is 0 Å². The first-order valence-corrected chi connectivity index (χ1v) is 13.2. The first-order chi connectivity index (χ1) is 15.5. The quantitative estimate of drug-likeness (QED) is 0.425. The molecule has 3 rings (SSSR count). The Morgan fingerprint density at radius 1 is 1.18 bits per heavy atom.